The Labute approximate surface area is 108 Å². The van der Waals surface area contributed by atoms with Gasteiger partial charge in [-0.05, 0) is 31.2 Å². The molecule has 1 aromatic rings. The number of sulfonamides is 1. The van der Waals surface area contributed by atoms with Crippen LogP contribution in [0.2, 0.25) is 0 Å². The van der Waals surface area contributed by atoms with Crippen molar-refractivity contribution in [1.29, 1.82) is 0 Å². The highest BCUT2D eigenvalue weighted by molar-refractivity contribution is 8.00. The molecule has 5 heteroatoms. The Hall–Kier alpha value is -0.680. The zero-order chi connectivity index (χ0) is 13.1. The second-order valence-electron chi connectivity index (χ2n) is 4.74. The monoisotopic (exact) mass is 273 g/mol. The SMILES string of the molecule is CCS(=O)(=O)Nc1ccc(SC(C)(C)C)cc1. The summed E-state index contributed by atoms with van der Waals surface area (Å²) in [5, 5.41) is 0. The smallest absolute Gasteiger partial charge is 0.232 e. The molecule has 0 saturated heterocycles. The van der Waals surface area contributed by atoms with Gasteiger partial charge in [-0.15, -0.1) is 11.8 Å². The maximum Gasteiger partial charge on any atom is 0.232 e. The molecule has 96 valence electrons. The highest BCUT2D eigenvalue weighted by Crippen LogP contribution is 2.32. The molecular formula is C12H19NO2S2. The molecule has 0 aliphatic heterocycles. The summed E-state index contributed by atoms with van der Waals surface area (Å²) < 4.78 is 25.4. The van der Waals surface area contributed by atoms with Crippen molar-refractivity contribution in [3.8, 4) is 0 Å². The molecule has 0 atom stereocenters. The summed E-state index contributed by atoms with van der Waals surface area (Å²) in [6.07, 6.45) is 0. The summed E-state index contributed by atoms with van der Waals surface area (Å²) in [6.45, 7) is 8.05. The third-order valence-electron chi connectivity index (χ3n) is 1.93. The molecular weight excluding hydrogens is 254 g/mol. The molecule has 0 fully saturated rings. The lowest BCUT2D eigenvalue weighted by Crippen LogP contribution is -2.14. The highest BCUT2D eigenvalue weighted by atomic mass is 32.2. The second-order valence-corrected chi connectivity index (χ2v) is 8.66. The van der Waals surface area contributed by atoms with Gasteiger partial charge in [0.15, 0.2) is 0 Å². The number of rotatable bonds is 4. The van der Waals surface area contributed by atoms with E-state index in [1.165, 1.54) is 0 Å². The average molecular weight is 273 g/mol. The Morgan fingerprint density at radius 3 is 2.12 bits per heavy atom. The number of benzene rings is 1. The average Bonchev–Trinajstić information content (AvgIpc) is 2.19. The van der Waals surface area contributed by atoms with E-state index in [1.807, 2.05) is 12.1 Å². The van der Waals surface area contributed by atoms with Crippen molar-refractivity contribution in [1.82, 2.24) is 0 Å². The van der Waals surface area contributed by atoms with Crippen molar-refractivity contribution in [2.45, 2.75) is 37.3 Å². The van der Waals surface area contributed by atoms with Gasteiger partial charge in [0.2, 0.25) is 10.0 Å². The molecule has 0 radical (unpaired) electrons. The van der Waals surface area contributed by atoms with Crippen molar-refractivity contribution in [2.24, 2.45) is 0 Å². The molecule has 3 nitrogen and oxygen atoms in total. The van der Waals surface area contributed by atoms with Gasteiger partial charge in [0, 0.05) is 15.3 Å². The van der Waals surface area contributed by atoms with Crippen LogP contribution < -0.4 is 4.72 Å². The predicted molar refractivity (Wildman–Crippen MR) is 75.1 cm³/mol. The summed E-state index contributed by atoms with van der Waals surface area (Å²) in [5.74, 6) is 0.0888. The van der Waals surface area contributed by atoms with E-state index in [4.69, 9.17) is 0 Å². The molecule has 1 rings (SSSR count). The highest BCUT2D eigenvalue weighted by Gasteiger charge is 2.12. The van der Waals surface area contributed by atoms with Gasteiger partial charge in [-0.3, -0.25) is 4.72 Å². The first-order chi connectivity index (χ1) is 7.72. The van der Waals surface area contributed by atoms with Gasteiger partial charge >= 0.3 is 0 Å². The number of hydrogen-bond donors (Lipinski definition) is 1. The zero-order valence-electron chi connectivity index (χ0n) is 10.6. The van der Waals surface area contributed by atoms with E-state index in [0.717, 1.165) is 4.90 Å². The van der Waals surface area contributed by atoms with E-state index in [2.05, 4.69) is 25.5 Å². The van der Waals surface area contributed by atoms with E-state index < -0.39 is 10.0 Å². The summed E-state index contributed by atoms with van der Waals surface area (Å²) in [6, 6.07) is 7.45. The molecule has 0 heterocycles. The van der Waals surface area contributed by atoms with Crippen LogP contribution >= 0.6 is 11.8 Å². The molecule has 1 aromatic carbocycles. The Morgan fingerprint density at radius 2 is 1.71 bits per heavy atom. The largest absolute Gasteiger partial charge is 0.284 e. The van der Waals surface area contributed by atoms with Crippen LogP contribution in [0.3, 0.4) is 0 Å². The van der Waals surface area contributed by atoms with Gasteiger partial charge < -0.3 is 0 Å². The molecule has 17 heavy (non-hydrogen) atoms. The predicted octanol–water partition coefficient (Wildman–Crippen LogP) is 3.34. The lowest BCUT2D eigenvalue weighted by molar-refractivity contribution is 0.602. The molecule has 0 amide bonds. The first-order valence-corrected chi connectivity index (χ1v) is 7.98. The molecule has 0 bridgehead atoms. The normalized spacial score (nSPS) is 12.5. The van der Waals surface area contributed by atoms with Gasteiger partial charge in [-0.25, -0.2) is 8.42 Å². The maximum atomic E-state index is 11.4. The molecule has 0 spiro atoms. The summed E-state index contributed by atoms with van der Waals surface area (Å²) in [5.41, 5.74) is 0.616. The molecule has 0 aromatic heterocycles. The van der Waals surface area contributed by atoms with Crippen LogP contribution in [0.5, 0.6) is 0 Å². The number of hydrogen-bond acceptors (Lipinski definition) is 3. The molecule has 0 aliphatic carbocycles. The topological polar surface area (TPSA) is 46.2 Å². The fourth-order valence-corrected chi connectivity index (χ4v) is 2.82. The Balaban J connectivity index is 2.76. The third kappa shape index (κ3) is 5.46. The standard InChI is InChI=1S/C12H19NO2S2/c1-5-17(14,15)13-10-6-8-11(9-7-10)16-12(2,3)4/h6-9,13H,5H2,1-4H3. The van der Waals surface area contributed by atoms with E-state index in [9.17, 15) is 8.42 Å². The van der Waals surface area contributed by atoms with E-state index in [0.29, 0.717) is 5.69 Å². The van der Waals surface area contributed by atoms with Gasteiger partial charge in [0.05, 0.1) is 5.75 Å². The number of anilines is 1. The molecule has 0 aliphatic rings. The molecule has 0 unspecified atom stereocenters. The lowest BCUT2D eigenvalue weighted by Gasteiger charge is -2.17. The molecule has 0 saturated carbocycles. The summed E-state index contributed by atoms with van der Waals surface area (Å²) in [7, 11) is -3.18. The van der Waals surface area contributed by atoms with Crippen molar-refractivity contribution in [3.05, 3.63) is 24.3 Å². The van der Waals surface area contributed by atoms with Crippen LogP contribution in [0, 0.1) is 0 Å². The molecule has 1 N–H and O–H groups in total. The fraction of sp³-hybridized carbons (Fsp3) is 0.500. The van der Waals surface area contributed by atoms with Crippen LogP contribution in [0.1, 0.15) is 27.7 Å². The van der Waals surface area contributed by atoms with E-state index in [-0.39, 0.29) is 10.5 Å². The maximum absolute atomic E-state index is 11.4. The Morgan fingerprint density at radius 1 is 1.18 bits per heavy atom. The van der Waals surface area contributed by atoms with Crippen LogP contribution in [0.4, 0.5) is 5.69 Å². The first kappa shape index (κ1) is 14.4. The minimum Gasteiger partial charge on any atom is -0.284 e. The van der Waals surface area contributed by atoms with Crippen LogP contribution in [-0.2, 0) is 10.0 Å². The van der Waals surface area contributed by atoms with Gasteiger partial charge in [0.25, 0.3) is 0 Å². The second kappa shape index (κ2) is 5.31. The van der Waals surface area contributed by atoms with Crippen molar-refractivity contribution >= 4 is 27.5 Å². The van der Waals surface area contributed by atoms with Gasteiger partial charge in [-0.2, -0.15) is 0 Å². The zero-order valence-corrected chi connectivity index (χ0v) is 12.3. The quantitative estimate of drug-likeness (QED) is 0.856. The van der Waals surface area contributed by atoms with Gasteiger partial charge in [-0.1, -0.05) is 20.8 Å². The van der Waals surface area contributed by atoms with E-state index >= 15 is 0 Å². The van der Waals surface area contributed by atoms with Crippen LogP contribution in [0.25, 0.3) is 0 Å². The minimum absolute atomic E-state index is 0.0888. The van der Waals surface area contributed by atoms with Crippen LogP contribution in [-0.4, -0.2) is 18.9 Å². The fourth-order valence-electron chi connectivity index (χ4n) is 1.20. The van der Waals surface area contributed by atoms with Crippen molar-refractivity contribution in [3.63, 3.8) is 0 Å². The van der Waals surface area contributed by atoms with E-state index in [1.54, 1.807) is 30.8 Å². The van der Waals surface area contributed by atoms with Crippen molar-refractivity contribution in [2.75, 3.05) is 10.5 Å². The van der Waals surface area contributed by atoms with Crippen LogP contribution in [0.15, 0.2) is 29.2 Å². The Kier molecular flexibility index (Phi) is 4.49. The lowest BCUT2D eigenvalue weighted by atomic mass is 10.3. The first-order valence-electron chi connectivity index (χ1n) is 5.51. The summed E-state index contributed by atoms with van der Waals surface area (Å²) >= 11 is 1.76. The Bertz CT molecular complexity index is 458. The number of nitrogens with one attached hydrogen (secondary N) is 1. The number of thioether (sulfide) groups is 1. The minimum atomic E-state index is -3.18. The van der Waals surface area contributed by atoms with Crippen molar-refractivity contribution < 1.29 is 8.42 Å². The summed E-state index contributed by atoms with van der Waals surface area (Å²) in [4.78, 5) is 1.14. The van der Waals surface area contributed by atoms with Gasteiger partial charge in [0.1, 0.15) is 0 Å². The third-order valence-corrected chi connectivity index (χ3v) is 4.36.